The minimum absolute atomic E-state index is 0.537. The van der Waals surface area contributed by atoms with Crippen molar-refractivity contribution in [3.8, 4) is 0 Å². The summed E-state index contributed by atoms with van der Waals surface area (Å²) in [7, 11) is 0. The van der Waals surface area contributed by atoms with Crippen molar-refractivity contribution in [2.45, 2.75) is 11.1 Å². The lowest BCUT2D eigenvalue weighted by Crippen LogP contribution is -2.07. The summed E-state index contributed by atoms with van der Waals surface area (Å²) in [5.74, 6) is 0. The fraction of sp³-hybridized carbons (Fsp3) is 0.333. The molecule has 0 saturated carbocycles. The molecule has 0 N–H and O–H groups in total. The number of halogens is 2. The largest absolute Gasteiger partial charge is 0.336 e. The Morgan fingerprint density at radius 2 is 1.44 bits per heavy atom. The molecule has 0 amide bonds. The Morgan fingerprint density at radius 3 is 1.67 bits per heavy atom. The molecule has 1 nitrogen and oxygen atoms in total. The summed E-state index contributed by atoms with van der Waals surface area (Å²) in [6.07, 6.45) is 2.89. The van der Waals surface area contributed by atoms with Crippen molar-refractivity contribution in [3.63, 3.8) is 0 Å². The minimum atomic E-state index is -0.537. The third kappa shape index (κ3) is 4.52. The maximum absolute atomic E-state index is 5.47. The number of rotatable bonds is 4. The predicted molar refractivity (Wildman–Crippen MR) is 40.8 cm³/mol. The van der Waals surface area contributed by atoms with E-state index in [9.17, 15) is 0 Å². The second-order valence-electron chi connectivity index (χ2n) is 1.31. The molecule has 0 aliphatic heterocycles. The molecular formula is C6H8Cl2O. The molecule has 0 rings (SSSR count). The van der Waals surface area contributed by atoms with Crippen LogP contribution < -0.4 is 0 Å². The molecule has 2 unspecified atom stereocenters. The summed E-state index contributed by atoms with van der Waals surface area (Å²) < 4.78 is 4.84. The topological polar surface area (TPSA) is 9.23 Å². The van der Waals surface area contributed by atoms with Crippen LogP contribution in [0.1, 0.15) is 0 Å². The Labute approximate surface area is 64.9 Å². The number of hydrogen-bond acceptors (Lipinski definition) is 1. The smallest absolute Gasteiger partial charge is 0.151 e. The summed E-state index contributed by atoms with van der Waals surface area (Å²) in [4.78, 5) is 0. The standard InChI is InChI=1S/C6H8Cl2O/c1-3-5(7)9-6(8)4-2/h3-6H,1-2H2. The van der Waals surface area contributed by atoms with E-state index < -0.39 is 11.1 Å². The van der Waals surface area contributed by atoms with Gasteiger partial charge in [0.05, 0.1) is 0 Å². The molecule has 0 fully saturated rings. The van der Waals surface area contributed by atoms with Crippen molar-refractivity contribution in [2.75, 3.05) is 0 Å². The number of ether oxygens (including phenoxy) is 1. The number of hydrogen-bond donors (Lipinski definition) is 0. The molecular weight excluding hydrogens is 159 g/mol. The van der Waals surface area contributed by atoms with Crippen molar-refractivity contribution in [2.24, 2.45) is 0 Å². The zero-order valence-corrected chi connectivity index (χ0v) is 6.40. The SMILES string of the molecule is C=CC(Cl)OC(Cl)C=C. The molecule has 0 radical (unpaired) electrons. The minimum Gasteiger partial charge on any atom is -0.336 e. The molecule has 0 saturated heterocycles. The third-order valence-electron chi connectivity index (χ3n) is 0.631. The molecule has 0 aliphatic rings. The maximum atomic E-state index is 5.47. The normalized spacial score (nSPS) is 16.2. The highest BCUT2D eigenvalue weighted by molar-refractivity contribution is 6.23. The summed E-state index contributed by atoms with van der Waals surface area (Å²) in [5, 5.41) is 0. The van der Waals surface area contributed by atoms with Gasteiger partial charge in [-0.1, -0.05) is 36.4 Å². The van der Waals surface area contributed by atoms with E-state index in [-0.39, 0.29) is 0 Å². The van der Waals surface area contributed by atoms with Crippen LogP contribution in [-0.4, -0.2) is 11.1 Å². The van der Waals surface area contributed by atoms with Gasteiger partial charge in [0, 0.05) is 0 Å². The van der Waals surface area contributed by atoms with Gasteiger partial charge in [-0.15, -0.1) is 0 Å². The lowest BCUT2D eigenvalue weighted by molar-refractivity contribution is 0.138. The van der Waals surface area contributed by atoms with E-state index in [1.54, 1.807) is 0 Å². The lowest BCUT2D eigenvalue weighted by atomic mass is 10.6. The van der Waals surface area contributed by atoms with Crippen molar-refractivity contribution >= 4 is 23.2 Å². The van der Waals surface area contributed by atoms with E-state index in [0.29, 0.717) is 0 Å². The Kier molecular flexibility index (Phi) is 4.87. The molecule has 52 valence electrons. The van der Waals surface area contributed by atoms with Crippen LogP contribution in [0.15, 0.2) is 25.3 Å². The van der Waals surface area contributed by atoms with Crippen LogP contribution in [0.5, 0.6) is 0 Å². The molecule has 9 heavy (non-hydrogen) atoms. The van der Waals surface area contributed by atoms with Crippen LogP contribution in [0, 0.1) is 0 Å². The van der Waals surface area contributed by atoms with Gasteiger partial charge in [0.25, 0.3) is 0 Å². The first kappa shape index (κ1) is 9.02. The predicted octanol–water partition coefficient (Wildman–Crippen LogP) is 2.50. The van der Waals surface area contributed by atoms with Crippen molar-refractivity contribution in [3.05, 3.63) is 25.3 Å². The first-order chi connectivity index (χ1) is 4.20. The van der Waals surface area contributed by atoms with Gasteiger partial charge in [0.2, 0.25) is 0 Å². The molecule has 0 aromatic rings. The third-order valence-corrected chi connectivity index (χ3v) is 1.19. The average Bonchev–Trinajstić information content (AvgIpc) is 1.87. The Hall–Kier alpha value is 0.0200. The molecule has 0 aromatic carbocycles. The van der Waals surface area contributed by atoms with Crippen LogP contribution in [0.4, 0.5) is 0 Å². The van der Waals surface area contributed by atoms with Gasteiger partial charge >= 0.3 is 0 Å². The van der Waals surface area contributed by atoms with Gasteiger partial charge in [-0.2, -0.15) is 0 Å². The van der Waals surface area contributed by atoms with Crippen molar-refractivity contribution < 1.29 is 4.74 Å². The van der Waals surface area contributed by atoms with Gasteiger partial charge in [0.1, 0.15) is 0 Å². The Morgan fingerprint density at radius 1 is 1.11 bits per heavy atom. The molecule has 3 heteroatoms. The van der Waals surface area contributed by atoms with E-state index in [1.165, 1.54) is 12.2 Å². The molecule has 0 spiro atoms. The summed E-state index contributed by atoms with van der Waals surface area (Å²) in [5.41, 5.74) is -1.07. The van der Waals surface area contributed by atoms with E-state index in [1.807, 2.05) is 0 Å². The van der Waals surface area contributed by atoms with Crippen LogP contribution in [-0.2, 0) is 4.74 Å². The quantitative estimate of drug-likeness (QED) is 0.461. The molecule has 0 aromatic heterocycles. The summed E-state index contributed by atoms with van der Waals surface area (Å²) in [6, 6.07) is 0. The second kappa shape index (κ2) is 4.86. The van der Waals surface area contributed by atoms with E-state index >= 15 is 0 Å². The summed E-state index contributed by atoms with van der Waals surface area (Å²) >= 11 is 10.9. The zero-order chi connectivity index (χ0) is 7.28. The zero-order valence-electron chi connectivity index (χ0n) is 4.89. The van der Waals surface area contributed by atoms with E-state index in [0.717, 1.165) is 0 Å². The highest BCUT2D eigenvalue weighted by Gasteiger charge is 2.02. The Balaban J connectivity index is 3.45. The van der Waals surface area contributed by atoms with Crippen molar-refractivity contribution in [1.29, 1.82) is 0 Å². The van der Waals surface area contributed by atoms with Gasteiger partial charge in [-0.05, 0) is 12.2 Å². The van der Waals surface area contributed by atoms with Gasteiger partial charge in [-0.25, -0.2) is 0 Å². The highest BCUT2D eigenvalue weighted by Crippen LogP contribution is 2.07. The summed E-state index contributed by atoms with van der Waals surface area (Å²) in [6.45, 7) is 6.80. The van der Waals surface area contributed by atoms with E-state index in [2.05, 4.69) is 13.2 Å². The van der Waals surface area contributed by atoms with Gasteiger partial charge in [-0.3, -0.25) is 0 Å². The van der Waals surface area contributed by atoms with Crippen LogP contribution in [0.25, 0.3) is 0 Å². The lowest BCUT2D eigenvalue weighted by Gasteiger charge is -2.07. The fourth-order valence-electron chi connectivity index (χ4n) is 0.235. The van der Waals surface area contributed by atoms with Crippen LogP contribution in [0.2, 0.25) is 0 Å². The first-order valence-electron chi connectivity index (χ1n) is 2.39. The van der Waals surface area contributed by atoms with Crippen LogP contribution >= 0.6 is 23.2 Å². The molecule has 0 aliphatic carbocycles. The monoisotopic (exact) mass is 166 g/mol. The highest BCUT2D eigenvalue weighted by atomic mass is 35.5. The Bertz CT molecular complexity index is 91.2. The molecule has 0 bridgehead atoms. The fourth-order valence-corrected chi connectivity index (χ4v) is 0.510. The van der Waals surface area contributed by atoms with Gasteiger partial charge < -0.3 is 4.74 Å². The average molecular weight is 167 g/mol. The molecule has 0 heterocycles. The van der Waals surface area contributed by atoms with Crippen molar-refractivity contribution in [1.82, 2.24) is 0 Å². The van der Waals surface area contributed by atoms with Crippen LogP contribution in [0.3, 0.4) is 0 Å². The molecule has 2 atom stereocenters. The number of alkyl halides is 2. The van der Waals surface area contributed by atoms with Gasteiger partial charge in [0.15, 0.2) is 11.1 Å². The first-order valence-corrected chi connectivity index (χ1v) is 3.26. The maximum Gasteiger partial charge on any atom is 0.151 e. The second-order valence-corrected chi connectivity index (χ2v) is 2.17. The van der Waals surface area contributed by atoms with E-state index in [4.69, 9.17) is 27.9 Å².